The summed E-state index contributed by atoms with van der Waals surface area (Å²) in [7, 11) is 0. The number of nitrogens with two attached hydrogens (primary N) is 2. The number of benzene rings is 2. The van der Waals surface area contributed by atoms with Gasteiger partial charge in [-0.15, -0.1) is 0 Å². The van der Waals surface area contributed by atoms with E-state index in [4.69, 9.17) is 11.5 Å². The number of hydrogen-bond donors (Lipinski definition) is 3. The standard InChI is InChI=1S/C16H16N4/c17-12-5-3-4-11(8-12)9-20-16-13-6-1-2-7-15(13)19-10-14(16)18/h1-8,10H,9,17-18H2,(H,19,20). The van der Waals surface area contributed by atoms with Crippen molar-refractivity contribution in [2.75, 3.05) is 16.8 Å². The summed E-state index contributed by atoms with van der Waals surface area (Å²) in [6.45, 7) is 0.670. The van der Waals surface area contributed by atoms with Crippen LogP contribution >= 0.6 is 0 Å². The molecule has 5 N–H and O–H groups in total. The molecule has 20 heavy (non-hydrogen) atoms. The van der Waals surface area contributed by atoms with E-state index in [1.165, 1.54) is 0 Å². The Bertz CT molecular complexity index is 752. The van der Waals surface area contributed by atoms with Crippen LogP contribution in [0.4, 0.5) is 17.1 Å². The Morgan fingerprint density at radius 1 is 1.00 bits per heavy atom. The third-order valence-corrected chi connectivity index (χ3v) is 3.23. The van der Waals surface area contributed by atoms with Crippen LogP contribution in [0.15, 0.2) is 54.7 Å². The van der Waals surface area contributed by atoms with Crippen molar-refractivity contribution >= 4 is 28.0 Å². The molecular weight excluding hydrogens is 248 g/mol. The van der Waals surface area contributed by atoms with Crippen molar-refractivity contribution in [3.8, 4) is 0 Å². The molecule has 0 amide bonds. The second kappa shape index (κ2) is 5.09. The predicted octanol–water partition coefficient (Wildman–Crippen LogP) is 3.01. The topological polar surface area (TPSA) is 77.0 Å². The minimum absolute atomic E-state index is 0.646. The average molecular weight is 264 g/mol. The normalized spacial score (nSPS) is 10.6. The third-order valence-electron chi connectivity index (χ3n) is 3.23. The fraction of sp³-hybridized carbons (Fsp3) is 0.0625. The summed E-state index contributed by atoms with van der Waals surface area (Å²) in [6, 6.07) is 15.7. The van der Waals surface area contributed by atoms with Gasteiger partial charge < -0.3 is 16.8 Å². The first kappa shape index (κ1) is 12.3. The Hall–Kier alpha value is -2.75. The summed E-state index contributed by atoms with van der Waals surface area (Å²) < 4.78 is 0. The van der Waals surface area contributed by atoms with Crippen LogP contribution in [0.1, 0.15) is 5.56 Å². The van der Waals surface area contributed by atoms with Crippen LogP contribution in [0.2, 0.25) is 0 Å². The van der Waals surface area contributed by atoms with Crippen molar-refractivity contribution in [2.45, 2.75) is 6.54 Å². The summed E-state index contributed by atoms with van der Waals surface area (Å²) in [6.07, 6.45) is 1.68. The largest absolute Gasteiger partial charge is 0.399 e. The van der Waals surface area contributed by atoms with Crippen LogP contribution in [0.3, 0.4) is 0 Å². The van der Waals surface area contributed by atoms with Gasteiger partial charge in [0.15, 0.2) is 0 Å². The van der Waals surface area contributed by atoms with Gasteiger partial charge in [0.2, 0.25) is 0 Å². The highest BCUT2D eigenvalue weighted by Gasteiger charge is 2.05. The summed E-state index contributed by atoms with van der Waals surface area (Å²) in [5.74, 6) is 0. The zero-order valence-corrected chi connectivity index (χ0v) is 11.0. The van der Waals surface area contributed by atoms with Gasteiger partial charge in [0.1, 0.15) is 0 Å². The van der Waals surface area contributed by atoms with Gasteiger partial charge in [-0.25, -0.2) is 0 Å². The van der Waals surface area contributed by atoms with Crippen LogP contribution < -0.4 is 16.8 Å². The molecule has 0 aliphatic heterocycles. The first-order chi connectivity index (χ1) is 9.74. The molecule has 0 unspecified atom stereocenters. The molecule has 0 aliphatic carbocycles. The molecule has 3 aromatic rings. The zero-order chi connectivity index (χ0) is 13.9. The van der Waals surface area contributed by atoms with Crippen molar-refractivity contribution in [3.05, 3.63) is 60.3 Å². The maximum Gasteiger partial charge on any atom is 0.0743 e. The number of nitrogen functional groups attached to an aromatic ring is 2. The van der Waals surface area contributed by atoms with Gasteiger partial charge in [-0.3, -0.25) is 4.98 Å². The smallest absolute Gasteiger partial charge is 0.0743 e. The molecule has 1 heterocycles. The summed E-state index contributed by atoms with van der Waals surface area (Å²) in [5, 5.41) is 4.40. The lowest BCUT2D eigenvalue weighted by Crippen LogP contribution is -2.04. The fourth-order valence-corrected chi connectivity index (χ4v) is 2.25. The lowest BCUT2D eigenvalue weighted by atomic mass is 10.1. The molecular formula is C16H16N4. The SMILES string of the molecule is Nc1cccc(CNc2c(N)cnc3ccccc23)c1. The van der Waals surface area contributed by atoms with Crippen LogP contribution in [-0.2, 0) is 6.54 Å². The third kappa shape index (κ3) is 2.36. The van der Waals surface area contributed by atoms with Crippen molar-refractivity contribution < 1.29 is 0 Å². The molecule has 0 radical (unpaired) electrons. The van der Waals surface area contributed by atoms with Crippen molar-refractivity contribution in [2.24, 2.45) is 0 Å². The first-order valence-corrected chi connectivity index (χ1v) is 6.45. The molecule has 0 bridgehead atoms. The number of rotatable bonds is 3. The van der Waals surface area contributed by atoms with Crippen LogP contribution in [-0.4, -0.2) is 4.98 Å². The van der Waals surface area contributed by atoms with E-state index in [2.05, 4.69) is 10.3 Å². The predicted molar refractivity (Wildman–Crippen MR) is 84.3 cm³/mol. The number of aromatic nitrogens is 1. The van der Waals surface area contributed by atoms with Crippen LogP contribution in [0.5, 0.6) is 0 Å². The lowest BCUT2D eigenvalue weighted by molar-refractivity contribution is 1.15. The average Bonchev–Trinajstić information content (AvgIpc) is 2.46. The molecule has 1 aromatic heterocycles. The van der Waals surface area contributed by atoms with Crippen molar-refractivity contribution in [1.29, 1.82) is 0 Å². The highest BCUT2D eigenvalue weighted by Crippen LogP contribution is 2.28. The second-order valence-corrected chi connectivity index (χ2v) is 4.70. The van der Waals surface area contributed by atoms with E-state index in [1.807, 2.05) is 48.5 Å². The van der Waals surface area contributed by atoms with Gasteiger partial charge in [0.25, 0.3) is 0 Å². The fourth-order valence-electron chi connectivity index (χ4n) is 2.25. The monoisotopic (exact) mass is 264 g/mol. The molecule has 0 spiro atoms. The number of nitrogens with one attached hydrogen (secondary N) is 1. The van der Waals surface area contributed by atoms with E-state index in [-0.39, 0.29) is 0 Å². The van der Waals surface area contributed by atoms with E-state index in [9.17, 15) is 0 Å². The zero-order valence-electron chi connectivity index (χ0n) is 11.0. The number of nitrogens with zero attached hydrogens (tertiary/aromatic N) is 1. The van der Waals surface area contributed by atoms with Gasteiger partial charge in [-0.05, 0) is 23.8 Å². The number of pyridine rings is 1. The van der Waals surface area contributed by atoms with Gasteiger partial charge in [0, 0.05) is 17.6 Å². The highest BCUT2D eigenvalue weighted by atomic mass is 14.9. The lowest BCUT2D eigenvalue weighted by Gasteiger charge is -2.12. The van der Waals surface area contributed by atoms with Gasteiger partial charge in [0.05, 0.1) is 23.1 Å². The van der Waals surface area contributed by atoms with E-state index < -0.39 is 0 Å². The minimum Gasteiger partial charge on any atom is -0.399 e. The Kier molecular flexibility index (Phi) is 3.13. The number of para-hydroxylation sites is 1. The molecule has 4 heteroatoms. The van der Waals surface area contributed by atoms with Crippen LogP contribution in [0.25, 0.3) is 10.9 Å². The molecule has 2 aromatic carbocycles. The van der Waals surface area contributed by atoms with Crippen LogP contribution in [0, 0.1) is 0 Å². The Labute approximate surface area is 117 Å². The number of fused-ring (bicyclic) bond motifs is 1. The summed E-state index contributed by atoms with van der Waals surface area (Å²) >= 11 is 0. The van der Waals surface area contributed by atoms with E-state index in [0.717, 1.165) is 27.8 Å². The Balaban J connectivity index is 1.92. The Morgan fingerprint density at radius 2 is 1.85 bits per heavy atom. The molecule has 100 valence electrons. The number of hydrogen-bond acceptors (Lipinski definition) is 4. The van der Waals surface area contributed by atoms with Gasteiger partial charge in [-0.1, -0.05) is 30.3 Å². The molecule has 0 fully saturated rings. The molecule has 0 aliphatic rings. The second-order valence-electron chi connectivity index (χ2n) is 4.70. The molecule has 3 rings (SSSR count). The van der Waals surface area contributed by atoms with Gasteiger partial charge >= 0.3 is 0 Å². The maximum atomic E-state index is 6.03. The highest BCUT2D eigenvalue weighted by molar-refractivity contribution is 5.96. The Morgan fingerprint density at radius 3 is 2.70 bits per heavy atom. The molecule has 4 nitrogen and oxygen atoms in total. The summed E-state index contributed by atoms with van der Waals surface area (Å²) in [4.78, 5) is 4.33. The van der Waals surface area contributed by atoms with Gasteiger partial charge in [-0.2, -0.15) is 0 Å². The minimum atomic E-state index is 0.646. The maximum absolute atomic E-state index is 6.03. The van der Waals surface area contributed by atoms with E-state index >= 15 is 0 Å². The molecule has 0 atom stereocenters. The molecule has 0 saturated carbocycles. The van der Waals surface area contributed by atoms with Crippen molar-refractivity contribution in [1.82, 2.24) is 4.98 Å². The van der Waals surface area contributed by atoms with E-state index in [1.54, 1.807) is 6.20 Å². The van der Waals surface area contributed by atoms with E-state index in [0.29, 0.717) is 12.2 Å². The van der Waals surface area contributed by atoms with Crippen molar-refractivity contribution in [3.63, 3.8) is 0 Å². The molecule has 0 saturated heterocycles. The number of anilines is 3. The quantitative estimate of drug-likeness (QED) is 0.635. The first-order valence-electron chi connectivity index (χ1n) is 6.45. The summed E-state index contributed by atoms with van der Waals surface area (Å²) in [5.41, 5.74) is 16.2.